The molecule has 0 saturated heterocycles. The number of esters is 1. The molecule has 2 N–H and O–H groups in total. The standard InChI is InChI=1S/C21H21N3O4S/c1-14(25)22-15-6-4-7-16(12-15)23-19(26)13-28-21(27)11-5-10-20-24-17-8-2-3-9-18(17)29-20/h2-4,6-9,12H,5,10-11,13H2,1H3,(H,22,25)(H,23,26). The number of carbonyl (C=O) groups is 3. The van der Waals surface area contributed by atoms with Crippen LogP contribution < -0.4 is 10.6 Å². The van der Waals surface area contributed by atoms with Gasteiger partial charge in [0.1, 0.15) is 0 Å². The monoisotopic (exact) mass is 411 g/mol. The normalized spacial score (nSPS) is 10.5. The molecule has 8 heteroatoms. The summed E-state index contributed by atoms with van der Waals surface area (Å²) in [6, 6.07) is 14.6. The van der Waals surface area contributed by atoms with Crippen molar-refractivity contribution in [3.63, 3.8) is 0 Å². The SMILES string of the molecule is CC(=O)Nc1cccc(NC(=O)COC(=O)CCCc2nc3ccccc3s2)c1. The third kappa shape index (κ3) is 6.39. The number of nitrogens with zero attached hydrogens (tertiary/aromatic N) is 1. The smallest absolute Gasteiger partial charge is 0.306 e. The van der Waals surface area contributed by atoms with E-state index < -0.39 is 11.9 Å². The maximum atomic E-state index is 12.0. The number of fused-ring (bicyclic) bond motifs is 1. The Bertz CT molecular complexity index is 998. The van der Waals surface area contributed by atoms with Gasteiger partial charge in [0.15, 0.2) is 6.61 Å². The lowest BCUT2D eigenvalue weighted by Crippen LogP contribution is -2.21. The molecule has 0 aliphatic heterocycles. The highest BCUT2D eigenvalue weighted by Gasteiger charge is 2.10. The van der Waals surface area contributed by atoms with Crippen LogP contribution in [-0.2, 0) is 25.5 Å². The van der Waals surface area contributed by atoms with Gasteiger partial charge in [-0.3, -0.25) is 14.4 Å². The molecular formula is C21H21N3O4S. The van der Waals surface area contributed by atoms with Crippen molar-refractivity contribution in [2.75, 3.05) is 17.2 Å². The number of aromatic nitrogens is 1. The predicted molar refractivity (Wildman–Crippen MR) is 113 cm³/mol. The summed E-state index contributed by atoms with van der Waals surface area (Å²) in [6.45, 7) is 1.05. The number of carbonyl (C=O) groups excluding carboxylic acids is 3. The van der Waals surface area contributed by atoms with Crippen LogP contribution in [-0.4, -0.2) is 29.4 Å². The number of rotatable bonds is 8. The molecule has 7 nitrogen and oxygen atoms in total. The molecule has 0 aliphatic carbocycles. The van der Waals surface area contributed by atoms with E-state index in [9.17, 15) is 14.4 Å². The molecule has 0 fully saturated rings. The van der Waals surface area contributed by atoms with Gasteiger partial charge in [0.05, 0.1) is 15.2 Å². The van der Waals surface area contributed by atoms with Gasteiger partial charge in [-0.25, -0.2) is 4.98 Å². The summed E-state index contributed by atoms with van der Waals surface area (Å²) in [5.41, 5.74) is 2.05. The van der Waals surface area contributed by atoms with E-state index in [0.717, 1.165) is 15.2 Å². The van der Waals surface area contributed by atoms with E-state index in [1.807, 2.05) is 24.3 Å². The van der Waals surface area contributed by atoms with Crippen molar-refractivity contribution >= 4 is 50.7 Å². The number of benzene rings is 2. The summed E-state index contributed by atoms with van der Waals surface area (Å²) < 4.78 is 6.16. The van der Waals surface area contributed by atoms with Crippen LogP contribution in [0.25, 0.3) is 10.2 Å². The van der Waals surface area contributed by atoms with Crippen LogP contribution in [0.4, 0.5) is 11.4 Å². The molecule has 0 radical (unpaired) electrons. The zero-order valence-electron chi connectivity index (χ0n) is 15.9. The Labute approximate surface area is 172 Å². The molecule has 0 atom stereocenters. The molecule has 150 valence electrons. The Hall–Kier alpha value is -3.26. The molecule has 29 heavy (non-hydrogen) atoms. The van der Waals surface area contributed by atoms with Crippen LogP contribution in [0.1, 0.15) is 24.8 Å². The highest BCUT2D eigenvalue weighted by molar-refractivity contribution is 7.18. The van der Waals surface area contributed by atoms with Gasteiger partial charge in [0, 0.05) is 24.7 Å². The van der Waals surface area contributed by atoms with Crippen molar-refractivity contribution in [2.45, 2.75) is 26.2 Å². The van der Waals surface area contributed by atoms with Crippen molar-refractivity contribution < 1.29 is 19.1 Å². The van der Waals surface area contributed by atoms with E-state index in [2.05, 4.69) is 15.6 Å². The van der Waals surface area contributed by atoms with Gasteiger partial charge >= 0.3 is 5.97 Å². The van der Waals surface area contributed by atoms with Gasteiger partial charge in [-0.1, -0.05) is 18.2 Å². The van der Waals surface area contributed by atoms with E-state index >= 15 is 0 Å². The molecule has 0 bridgehead atoms. The first-order chi connectivity index (χ1) is 14.0. The second kappa shape index (κ2) is 9.79. The average Bonchev–Trinajstić information content (AvgIpc) is 3.09. The van der Waals surface area contributed by atoms with Crippen molar-refractivity contribution in [2.24, 2.45) is 0 Å². The quantitative estimate of drug-likeness (QED) is 0.550. The molecular weight excluding hydrogens is 390 g/mol. The summed E-state index contributed by atoms with van der Waals surface area (Å²) >= 11 is 1.62. The topological polar surface area (TPSA) is 97.4 Å². The van der Waals surface area contributed by atoms with E-state index in [4.69, 9.17) is 4.74 Å². The Morgan fingerprint density at radius 2 is 1.79 bits per heavy atom. The Kier molecular flexibility index (Phi) is 6.91. The summed E-state index contributed by atoms with van der Waals surface area (Å²) in [6.07, 6.45) is 1.52. The van der Waals surface area contributed by atoms with Gasteiger partial charge in [0.25, 0.3) is 5.91 Å². The lowest BCUT2D eigenvalue weighted by Gasteiger charge is -2.08. The fourth-order valence-corrected chi connectivity index (χ4v) is 3.71. The predicted octanol–water partition coefficient (Wildman–Crippen LogP) is 3.76. The highest BCUT2D eigenvalue weighted by atomic mass is 32.1. The fraction of sp³-hybridized carbons (Fsp3) is 0.238. The average molecular weight is 411 g/mol. The molecule has 0 aliphatic rings. The van der Waals surface area contributed by atoms with E-state index in [-0.39, 0.29) is 18.9 Å². The number of anilines is 2. The van der Waals surface area contributed by atoms with E-state index in [1.54, 1.807) is 35.6 Å². The minimum Gasteiger partial charge on any atom is -0.456 e. The zero-order valence-corrected chi connectivity index (χ0v) is 16.8. The van der Waals surface area contributed by atoms with Crippen molar-refractivity contribution in [3.8, 4) is 0 Å². The number of nitrogens with one attached hydrogen (secondary N) is 2. The van der Waals surface area contributed by atoms with Crippen LogP contribution in [0, 0.1) is 0 Å². The first-order valence-corrected chi connectivity index (χ1v) is 9.99. The molecule has 1 heterocycles. The number of hydrogen-bond donors (Lipinski definition) is 2. The van der Waals surface area contributed by atoms with Crippen molar-refractivity contribution in [1.82, 2.24) is 4.98 Å². The summed E-state index contributed by atoms with van der Waals surface area (Å²) in [7, 11) is 0. The molecule has 0 saturated carbocycles. The molecule has 1 aromatic heterocycles. The van der Waals surface area contributed by atoms with Gasteiger partial charge < -0.3 is 15.4 Å². The van der Waals surface area contributed by atoms with Crippen LogP contribution in [0.3, 0.4) is 0 Å². The van der Waals surface area contributed by atoms with Crippen molar-refractivity contribution in [1.29, 1.82) is 0 Å². The Morgan fingerprint density at radius 3 is 2.55 bits per heavy atom. The minimum absolute atomic E-state index is 0.201. The van der Waals surface area contributed by atoms with Gasteiger partial charge in [0.2, 0.25) is 5.91 Å². The summed E-state index contributed by atoms with van der Waals surface area (Å²) in [4.78, 5) is 39.5. The Balaban J connectivity index is 1.38. The number of hydrogen-bond acceptors (Lipinski definition) is 6. The largest absolute Gasteiger partial charge is 0.456 e. The van der Waals surface area contributed by atoms with Crippen molar-refractivity contribution in [3.05, 3.63) is 53.5 Å². The number of aryl methyl sites for hydroxylation is 1. The third-order valence-corrected chi connectivity index (χ3v) is 5.04. The lowest BCUT2D eigenvalue weighted by atomic mass is 10.2. The summed E-state index contributed by atoms with van der Waals surface area (Å²) in [5, 5.41) is 6.25. The first kappa shape index (κ1) is 20.5. The van der Waals surface area contributed by atoms with Gasteiger partial charge in [-0.05, 0) is 43.2 Å². The van der Waals surface area contributed by atoms with Crippen LogP contribution in [0.15, 0.2) is 48.5 Å². The molecule has 0 unspecified atom stereocenters. The number of para-hydroxylation sites is 1. The number of ether oxygens (including phenoxy) is 1. The van der Waals surface area contributed by atoms with E-state index in [1.165, 1.54) is 6.92 Å². The lowest BCUT2D eigenvalue weighted by molar-refractivity contribution is -0.147. The molecule has 3 aromatic rings. The maximum Gasteiger partial charge on any atom is 0.306 e. The highest BCUT2D eigenvalue weighted by Crippen LogP contribution is 2.22. The minimum atomic E-state index is -0.440. The van der Waals surface area contributed by atoms with Crippen LogP contribution in [0.2, 0.25) is 0 Å². The van der Waals surface area contributed by atoms with Crippen LogP contribution >= 0.6 is 11.3 Å². The maximum absolute atomic E-state index is 12.0. The van der Waals surface area contributed by atoms with E-state index in [0.29, 0.717) is 24.2 Å². The fourth-order valence-electron chi connectivity index (χ4n) is 2.70. The third-order valence-electron chi connectivity index (χ3n) is 3.94. The molecule has 0 spiro atoms. The number of thiazole rings is 1. The molecule has 2 aromatic carbocycles. The van der Waals surface area contributed by atoms with Gasteiger partial charge in [-0.15, -0.1) is 11.3 Å². The Morgan fingerprint density at radius 1 is 1.03 bits per heavy atom. The summed E-state index contributed by atoms with van der Waals surface area (Å²) in [5.74, 6) is -1.06. The van der Waals surface area contributed by atoms with Gasteiger partial charge in [-0.2, -0.15) is 0 Å². The molecule has 3 rings (SSSR count). The molecule has 2 amide bonds. The van der Waals surface area contributed by atoms with Crippen LogP contribution in [0.5, 0.6) is 0 Å². The second-order valence-corrected chi connectivity index (χ2v) is 7.51. The first-order valence-electron chi connectivity index (χ1n) is 9.17. The second-order valence-electron chi connectivity index (χ2n) is 6.40. The number of amides is 2. The zero-order chi connectivity index (χ0) is 20.6.